The van der Waals surface area contributed by atoms with Crippen LogP contribution in [-0.2, 0) is 12.8 Å². The van der Waals surface area contributed by atoms with E-state index in [0.29, 0.717) is 18.9 Å². The summed E-state index contributed by atoms with van der Waals surface area (Å²) < 4.78 is 41.3. The van der Waals surface area contributed by atoms with Crippen molar-refractivity contribution in [1.29, 1.82) is 0 Å². The Morgan fingerprint density at radius 3 is 2.44 bits per heavy atom. The Kier molecular flexibility index (Phi) is 4.78. The minimum atomic E-state index is -4.15. The maximum absolute atomic E-state index is 12.0. The Morgan fingerprint density at radius 2 is 1.89 bits per heavy atom. The van der Waals surface area contributed by atoms with E-state index < -0.39 is 12.6 Å². The number of aryl methyl sites for hydroxylation is 1. The first-order valence-corrected chi connectivity index (χ1v) is 5.91. The largest absolute Gasteiger partial charge is 0.446 e. The van der Waals surface area contributed by atoms with Crippen molar-refractivity contribution < 1.29 is 17.6 Å². The van der Waals surface area contributed by atoms with Crippen LogP contribution in [0.5, 0.6) is 0 Å². The van der Waals surface area contributed by atoms with Crippen LogP contribution in [0.4, 0.5) is 13.2 Å². The van der Waals surface area contributed by atoms with Crippen molar-refractivity contribution in [1.82, 2.24) is 10.3 Å². The number of halogens is 3. The van der Waals surface area contributed by atoms with Crippen molar-refractivity contribution in [3.05, 3.63) is 17.8 Å². The van der Waals surface area contributed by atoms with Gasteiger partial charge in [-0.2, -0.15) is 13.2 Å². The average molecular weight is 264 g/mol. The summed E-state index contributed by atoms with van der Waals surface area (Å²) in [6, 6.07) is 0. The van der Waals surface area contributed by atoms with Gasteiger partial charge in [-0.1, -0.05) is 0 Å². The van der Waals surface area contributed by atoms with Crippen molar-refractivity contribution >= 4 is 0 Å². The molecule has 0 aliphatic rings. The molecule has 0 saturated carbocycles. The van der Waals surface area contributed by atoms with Gasteiger partial charge in [-0.05, 0) is 20.8 Å². The lowest BCUT2D eigenvalue weighted by molar-refractivity contribution is -0.134. The van der Waals surface area contributed by atoms with E-state index in [0.717, 1.165) is 0 Å². The molecular weight excluding hydrogens is 245 g/mol. The van der Waals surface area contributed by atoms with Gasteiger partial charge in [0.15, 0.2) is 5.89 Å². The normalized spacial score (nSPS) is 13.0. The number of hydrogen-bond acceptors (Lipinski definition) is 3. The van der Waals surface area contributed by atoms with Crippen LogP contribution in [-0.4, -0.2) is 23.2 Å². The Hall–Kier alpha value is -1.04. The third kappa shape index (κ3) is 6.64. The van der Waals surface area contributed by atoms with E-state index in [4.69, 9.17) is 4.42 Å². The van der Waals surface area contributed by atoms with E-state index in [1.54, 1.807) is 0 Å². The van der Waals surface area contributed by atoms with E-state index in [1.807, 2.05) is 20.8 Å². The topological polar surface area (TPSA) is 38.1 Å². The molecule has 0 atom stereocenters. The summed E-state index contributed by atoms with van der Waals surface area (Å²) in [6.07, 6.45) is -3.23. The fraction of sp³-hybridized carbons (Fsp3) is 0.750. The van der Waals surface area contributed by atoms with E-state index in [1.165, 1.54) is 6.20 Å². The zero-order chi connectivity index (χ0) is 13.8. The maximum Gasteiger partial charge on any atom is 0.389 e. The van der Waals surface area contributed by atoms with Gasteiger partial charge in [-0.15, -0.1) is 0 Å². The summed E-state index contributed by atoms with van der Waals surface area (Å²) in [5, 5.41) is 3.26. The Labute approximate surface area is 105 Å². The maximum atomic E-state index is 12.0. The minimum Gasteiger partial charge on any atom is -0.446 e. The highest BCUT2D eigenvalue weighted by Gasteiger charge is 2.27. The first kappa shape index (κ1) is 15.0. The molecule has 0 fully saturated rings. The fourth-order valence-corrected chi connectivity index (χ4v) is 1.39. The summed E-state index contributed by atoms with van der Waals surface area (Å²) in [5.74, 6) is 0.766. The minimum absolute atomic E-state index is 0.00566. The fourth-order valence-electron chi connectivity index (χ4n) is 1.39. The molecule has 0 aliphatic heterocycles. The van der Waals surface area contributed by atoms with Gasteiger partial charge in [-0.3, -0.25) is 0 Å². The first-order chi connectivity index (χ1) is 8.16. The molecule has 1 aromatic rings. The predicted molar refractivity (Wildman–Crippen MR) is 62.3 cm³/mol. The average Bonchev–Trinajstić information content (AvgIpc) is 2.60. The number of oxazole rings is 1. The number of aromatic nitrogens is 1. The third-order valence-electron chi connectivity index (χ3n) is 2.25. The van der Waals surface area contributed by atoms with Gasteiger partial charge in [-0.25, -0.2) is 4.98 Å². The predicted octanol–water partition coefficient (Wildman–Crippen LogP) is 3.10. The van der Waals surface area contributed by atoms with Gasteiger partial charge >= 0.3 is 6.18 Å². The quantitative estimate of drug-likeness (QED) is 0.888. The third-order valence-corrected chi connectivity index (χ3v) is 2.25. The van der Waals surface area contributed by atoms with Crippen LogP contribution in [0.3, 0.4) is 0 Å². The highest BCUT2D eigenvalue weighted by Crippen LogP contribution is 2.22. The zero-order valence-electron chi connectivity index (χ0n) is 10.9. The van der Waals surface area contributed by atoms with Gasteiger partial charge < -0.3 is 9.73 Å². The van der Waals surface area contributed by atoms with E-state index in [9.17, 15) is 13.2 Å². The van der Waals surface area contributed by atoms with Gasteiger partial charge in [0.05, 0.1) is 12.6 Å². The highest BCUT2D eigenvalue weighted by atomic mass is 19.4. The van der Waals surface area contributed by atoms with Gasteiger partial charge in [0.1, 0.15) is 5.76 Å². The van der Waals surface area contributed by atoms with E-state index in [-0.39, 0.29) is 17.7 Å². The molecule has 1 rings (SSSR count). The molecular formula is C12H19F3N2O. The van der Waals surface area contributed by atoms with Crippen LogP contribution in [0.2, 0.25) is 0 Å². The number of nitrogens with one attached hydrogen (secondary N) is 1. The number of rotatable bonds is 5. The second kappa shape index (κ2) is 5.73. The van der Waals surface area contributed by atoms with Gasteiger partial charge in [0.2, 0.25) is 0 Å². The van der Waals surface area contributed by atoms with E-state index in [2.05, 4.69) is 10.3 Å². The monoisotopic (exact) mass is 264 g/mol. The lowest BCUT2D eigenvalue weighted by atomic mass is 10.1. The lowest BCUT2D eigenvalue weighted by Crippen LogP contribution is -2.37. The van der Waals surface area contributed by atoms with Crippen LogP contribution in [0.15, 0.2) is 10.6 Å². The van der Waals surface area contributed by atoms with Crippen molar-refractivity contribution in [2.75, 3.05) is 6.54 Å². The molecule has 0 bridgehead atoms. The SMILES string of the molecule is CC(C)(C)NCCc1ncc(CCC(F)(F)F)o1. The molecule has 3 nitrogen and oxygen atoms in total. The molecule has 1 heterocycles. The van der Waals surface area contributed by atoms with Gasteiger partial charge in [0, 0.05) is 24.9 Å². The van der Waals surface area contributed by atoms with Crippen LogP contribution in [0.25, 0.3) is 0 Å². The van der Waals surface area contributed by atoms with Crippen LogP contribution >= 0.6 is 0 Å². The van der Waals surface area contributed by atoms with Crippen molar-refractivity contribution in [2.24, 2.45) is 0 Å². The molecule has 0 aromatic carbocycles. The molecule has 18 heavy (non-hydrogen) atoms. The summed E-state index contributed by atoms with van der Waals surface area (Å²) in [5.41, 5.74) is 0.00566. The summed E-state index contributed by atoms with van der Waals surface area (Å²) in [4.78, 5) is 3.96. The molecule has 0 aliphatic carbocycles. The Morgan fingerprint density at radius 1 is 1.22 bits per heavy atom. The summed E-state index contributed by atoms with van der Waals surface area (Å²) in [6.45, 7) is 6.80. The summed E-state index contributed by atoms with van der Waals surface area (Å²) >= 11 is 0. The lowest BCUT2D eigenvalue weighted by Gasteiger charge is -2.19. The zero-order valence-corrected chi connectivity index (χ0v) is 10.9. The molecule has 6 heteroatoms. The molecule has 1 aromatic heterocycles. The highest BCUT2D eigenvalue weighted by molar-refractivity contribution is 4.95. The van der Waals surface area contributed by atoms with Crippen molar-refractivity contribution in [3.8, 4) is 0 Å². The van der Waals surface area contributed by atoms with E-state index >= 15 is 0 Å². The number of nitrogens with zero attached hydrogens (tertiary/aromatic N) is 1. The molecule has 1 N–H and O–H groups in total. The second-order valence-electron chi connectivity index (χ2n) is 5.26. The van der Waals surface area contributed by atoms with Crippen LogP contribution < -0.4 is 5.32 Å². The standard InChI is InChI=1S/C12H19F3N2O/c1-11(2,3)17-7-5-10-16-8-9(18-10)4-6-12(13,14)15/h8,17H,4-7H2,1-3H3. The summed E-state index contributed by atoms with van der Waals surface area (Å²) in [7, 11) is 0. The Bertz CT molecular complexity index is 366. The Balaban J connectivity index is 2.35. The molecule has 0 radical (unpaired) electrons. The molecule has 0 unspecified atom stereocenters. The second-order valence-corrected chi connectivity index (χ2v) is 5.26. The smallest absolute Gasteiger partial charge is 0.389 e. The van der Waals surface area contributed by atoms with Crippen LogP contribution in [0.1, 0.15) is 38.8 Å². The molecule has 0 saturated heterocycles. The molecule has 0 spiro atoms. The van der Waals surface area contributed by atoms with Crippen molar-refractivity contribution in [2.45, 2.75) is 51.7 Å². The van der Waals surface area contributed by atoms with Crippen LogP contribution in [0, 0.1) is 0 Å². The first-order valence-electron chi connectivity index (χ1n) is 5.91. The van der Waals surface area contributed by atoms with Gasteiger partial charge in [0.25, 0.3) is 0 Å². The number of alkyl halides is 3. The molecule has 0 amide bonds. The van der Waals surface area contributed by atoms with Crippen molar-refractivity contribution in [3.63, 3.8) is 0 Å². The number of hydrogen-bond donors (Lipinski definition) is 1. The molecule has 104 valence electrons.